The quantitative estimate of drug-likeness (QED) is 0.915. The Morgan fingerprint density at radius 3 is 2.79 bits per heavy atom. The molecule has 0 bridgehead atoms. The number of thioether (sulfide) groups is 1. The number of thiazole rings is 1. The van der Waals surface area contributed by atoms with E-state index in [1.165, 1.54) is 22.8 Å². The van der Waals surface area contributed by atoms with E-state index in [0.29, 0.717) is 6.04 Å². The summed E-state index contributed by atoms with van der Waals surface area (Å²) in [4.78, 5) is 5.95. The molecule has 1 aromatic carbocycles. The van der Waals surface area contributed by atoms with Crippen LogP contribution in [-0.2, 0) is 0 Å². The molecule has 1 N–H and O–H groups in total. The Morgan fingerprint density at radius 1 is 1.32 bits per heavy atom. The average Bonchev–Trinajstić information content (AvgIpc) is 2.83. The van der Waals surface area contributed by atoms with Gasteiger partial charge in [0.1, 0.15) is 10.8 Å². The van der Waals surface area contributed by atoms with Gasteiger partial charge < -0.3 is 5.32 Å². The lowest BCUT2D eigenvalue weighted by molar-refractivity contribution is 0.592. The fourth-order valence-corrected chi connectivity index (χ4v) is 4.23. The Bertz CT molecular complexity index is 559. The van der Waals surface area contributed by atoms with E-state index in [4.69, 9.17) is 4.98 Å². The second kappa shape index (κ2) is 5.61. The van der Waals surface area contributed by atoms with Crippen molar-refractivity contribution in [1.29, 1.82) is 0 Å². The van der Waals surface area contributed by atoms with Crippen LogP contribution in [0.5, 0.6) is 0 Å². The van der Waals surface area contributed by atoms with Crippen molar-refractivity contribution in [3.63, 3.8) is 0 Å². The second-order valence-corrected chi connectivity index (χ2v) is 6.93. The van der Waals surface area contributed by atoms with E-state index in [-0.39, 0.29) is 5.82 Å². The third kappa shape index (κ3) is 2.83. The van der Waals surface area contributed by atoms with Gasteiger partial charge in [0.05, 0.1) is 11.7 Å². The van der Waals surface area contributed by atoms with Crippen LogP contribution in [0.1, 0.15) is 15.9 Å². The largest absolute Gasteiger partial charge is 0.306 e. The fourth-order valence-electron chi connectivity index (χ4n) is 2.17. The molecule has 0 amide bonds. The van der Waals surface area contributed by atoms with Crippen LogP contribution < -0.4 is 5.32 Å². The monoisotopic (exact) mass is 294 g/mol. The van der Waals surface area contributed by atoms with Crippen molar-refractivity contribution >= 4 is 23.1 Å². The van der Waals surface area contributed by atoms with Crippen LogP contribution >= 0.6 is 23.1 Å². The van der Waals surface area contributed by atoms with Crippen molar-refractivity contribution in [1.82, 2.24) is 10.3 Å². The predicted molar refractivity (Wildman–Crippen MR) is 80.3 cm³/mol. The summed E-state index contributed by atoms with van der Waals surface area (Å²) in [5.41, 5.74) is 1.97. The van der Waals surface area contributed by atoms with Gasteiger partial charge in [0.15, 0.2) is 0 Å². The maximum atomic E-state index is 13.0. The molecule has 3 rings (SSSR count). The number of nitrogens with one attached hydrogen (secondary N) is 1. The Hall–Kier alpha value is -0.910. The SMILES string of the molecule is Cc1sc(C2CSCCN2)nc1-c1ccc(F)cc1. The Kier molecular flexibility index (Phi) is 3.86. The van der Waals surface area contributed by atoms with E-state index < -0.39 is 0 Å². The molecule has 1 unspecified atom stereocenters. The Labute approximate surface area is 120 Å². The maximum absolute atomic E-state index is 13.0. The number of nitrogens with zero attached hydrogens (tertiary/aromatic N) is 1. The van der Waals surface area contributed by atoms with Gasteiger partial charge in [-0.3, -0.25) is 0 Å². The summed E-state index contributed by atoms with van der Waals surface area (Å²) in [5, 5.41) is 4.65. The highest BCUT2D eigenvalue weighted by molar-refractivity contribution is 7.99. The zero-order valence-corrected chi connectivity index (χ0v) is 12.3. The summed E-state index contributed by atoms with van der Waals surface area (Å²) in [5.74, 6) is 2.05. The molecule has 0 aliphatic carbocycles. The third-order valence-electron chi connectivity index (χ3n) is 3.15. The lowest BCUT2D eigenvalue weighted by Crippen LogP contribution is -2.30. The van der Waals surface area contributed by atoms with Gasteiger partial charge in [-0.05, 0) is 31.2 Å². The van der Waals surface area contributed by atoms with Crippen LogP contribution in [0.15, 0.2) is 24.3 Å². The second-order valence-electron chi connectivity index (χ2n) is 4.55. The smallest absolute Gasteiger partial charge is 0.123 e. The molecule has 1 atom stereocenters. The standard InChI is InChI=1S/C14H15FN2S2/c1-9-13(10-2-4-11(15)5-3-10)17-14(19-9)12-8-18-7-6-16-12/h2-5,12,16H,6-8H2,1H3. The first kappa shape index (κ1) is 13.1. The van der Waals surface area contributed by atoms with Crippen molar-refractivity contribution in [3.05, 3.63) is 40.0 Å². The van der Waals surface area contributed by atoms with Crippen LogP contribution in [0.2, 0.25) is 0 Å². The van der Waals surface area contributed by atoms with Gasteiger partial charge in [0, 0.05) is 28.5 Å². The van der Waals surface area contributed by atoms with Gasteiger partial charge >= 0.3 is 0 Å². The molecule has 2 aromatic rings. The van der Waals surface area contributed by atoms with Gasteiger partial charge in [0.2, 0.25) is 0 Å². The minimum atomic E-state index is -0.206. The van der Waals surface area contributed by atoms with E-state index in [9.17, 15) is 4.39 Å². The lowest BCUT2D eigenvalue weighted by atomic mass is 10.1. The summed E-state index contributed by atoms with van der Waals surface area (Å²) in [6.07, 6.45) is 0. The van der Waals surface area contributed by atoms with Gasteiger partial charge in [0.25, 0.3) is 0 Å². The summed E-state index contributed by atoms with van der Waals surface area (Å²) >= 11 is 3.70. The molecular weight excluding hydrogens is 279 g/mol. The predicted octanol–water partition coefficient (Wildman–Crippen LogP) is 3.64. The van der Waals surface area contributed by atoms with Gasteiger partial charge in [-0.1, -0.05) is 0 Å². The number of halogens is 1. The normalized spacial score (nSPS) is 19.6. The molecule has 2 heterocycles. The van der Waals surface area contributed by atoms with Crippen LogP contribution in [0.3, 0.4) is 0 Å². The van der Waals surface area contributed by atoms with E-state index >= 15 is 0 Å². The lowest BCUT2D eigenvalue weighted by Gasteiger charge is -2.20. The van der Waals surface area contributed by atoms with Crippen LogP contribution in [-0.4, -0.2) is 23.0 Å². The number of aryl methyl sites for hydroxylation is 1. The van der Waals surface area contributed by atoms with Crippen molar-refractivity contribution < 1.29 is 4.39 Å². The minimum Gasteiger partial charge on any atom is -0.306 e. The van der Waals surface area contributed by atoms with Crippen LogP contribution in [0, 0.1) is 12.7 Å². The zero-order valence-electron chi connectivity index (χ0n) is 10.6. The number of aromatic nitrogens is 1. The average molecular weight is 294 g/mol. The van der Waals surface area contributed by atoms with Crippen molar-refractivity contribution in [2.75, 3.05) is 18.1 Å². The summed E-state index contributed by atoms with van der Waals surface area (Å²) in [6.45, 7) is 3.12. The molecule has 0 radical (unpaired) electrons. The fraction of sp³-hybridized carbons (Fsp3) is 0.357. The van der Waals surface area contributed by atoms with Crippen LogP contribution in [0.4, 0.5) is 4.39 Å². The van der Waals surface area contributed by atoms with E-state index in [0.717, 1.165) is 28.6 Å². The maximum Gasteiger partial charge on any atom is 0.123 e. The number of benzene rings is 1. The molecule has 2 nitrogen and oxygen atoms in total. The van der Waals surface area contributed by atoms with E-state index in [1.54, 1.807) is 23.5 Å². The number of hydrogen-bond acceptors (Lipinski definition) is 4. The summed E-state index contributed by atoms with van der Waals surface area (Å²) < 4.78 is 13.0. The van der Waals surface area contributed by atoms with E-state index in [1.807, 2.05) is 11.8 Å². The zero-order chi connectivity index (χ0) is 13.2. The Morgan fingerprint density at radius 2 is 2.11 bits per heavy atom. The van der Waals surface area contributed by atoms with E-state index in [2.05, 4.69) is 12.2 Å². The highest BCUT2D eigenvalue weighted by Gasteiger charge is 2.20. The molecule has 1 aliphatic heterocycles. The van der Waals surface area contributed by atoms with Gasteiger partial charge in [-0.25, -0.2) is 9.37 Å². The van der Waals surface area contributed by atoms with Crippen LogP contribution in [0.25, 0.3) is 11.3 Å². The molecule has 1 fully saturated rings. The number of hydrogen-bond donors (Lipinski definition) is 1. The minimum absolute atomic E-state index is 0.206. The molecular formula is C14H15FN2S2. The molecule has 19 heavy (non-hydrogen) atoms. The number of rotatable bonds is 2. The highest BCUT2D eigenvalue weighted by atomic mass is 32.2. The molecule has 5 heteroatoms. The molecule has 1 aromatic heterocycles. The molecule has 1 saturated heterocycles. The summed E-state index contributed by atoms with van der Waals surface area (Å²) in [6, 6.07) is 6.93. The molecule has 100 valence electrons. The molecule has 0 saturated carbocycles. The Balaban J connectivity index is 1.90. The van der Waals surface area contributed by atoms with Gasteiger partial charge in [-0.15, -0.1) is 11.3 Å². The van der Waals surface area contributed by atoms with Crippen molar-refractivity contribution in [2.45, 2.75) is 13.0 Å². The first-order chi connectivity index (χ1) is 9.24. The highest BCUT2D eigenvalue weighted by Crippen LogP contribution is 2.32. The van der Waals surface area contributed by atoms with Gasteiger partial charge in [-0.2, -0.15) is 11.8 Å². The van der Waals surface area contributed by atoms with Crippen molar-refractivity contribution in [2.24, 2.45) is 0 Å². The first-order valence-electron chi connectivity index (χ1n) is 6.28. The topological polar surface area (TPSA) is 24.9 Å². The molecule has 1 aliphatic rings. The van der Waals surface area contributed by atoms with Crippen molar-refractivity contribution in [3.8, 4) is 11.3 Å². The first-order valence-corrected chi connectivity index (χ1v) is 8.25. The third-order valence-corrected chi connectivity index (χ3v) is 5.30. The molecule has 0 spiro atoms. The summed E-state index contributed by atoms with van der Waals surface area (Å²) in [7, 11) is 0.